The predicted octanol–water partition coefficient (Wildman–Crippen LogP) is 2.15. The van der Waals surface area contributed by atoms with E-state index in [1.807, 2.05) is 18.2 Å². The van der Waals surface area contributed by atoms with Crippen molar-refractivity contribution in [1.82, 2.24) is 20.5 Å². The number of hydrogen-bond acceptors (Lipinski definition) is 4. The number of carbonyl (C=O) groups excluding carboxylic acids is 1. The van der Waals surface area contributed by atoms with Gasteiger partial charge in [-0.1, -0.05) is 29.3 Å². The lowest BCUT2D eigenvalue weighted by Gasteiger charge is -2.05. The van der Waals surface area contributed by atoms with Gasteiger partial charge in [-0.05, 0) is 18.2 Å². The van der Waals surface area contributed by atoms with E-state index in [4.69, 9.17) is 23.2 Å². The molecule has 0 spiro atoms. The van der Waals surface area contributed by atoms with Crippen LogP contribution in [0, 0.1) is 0 Å². The monoisotopic (exact) mass is 296 g/mol. The summed E-state index contributed by atoms with van der Waals surface area (Å²) in [4.78, 5) is 16.0. The van der Waals surface area contributed by atoms with E-state index in [9.17, 15) is 4.79 Å². The Balaban J connectivity index is 1.93. The van der Waals surface area contributed by atoms with Crippen LogP contribution < -0.4 is 5.32 Å². The summed E-state index contributed by atoms with van der Waals surface area (Å²) in [6.07, 6.45) is 2.34. The molecule has 0 saturated heterocycles. The quantitative estimate of drug-likeness (QED) is 0.939. The molecule has 2 aromatic heterocycles. The number of amides is 1. The van der Waals surface area contributed by atoms with Crippen molar-refractivity contribution >= 4 is 29.1 Å². The first-order chi connectivity index (χ1) is 9.16. The Morgan fingerprint density at radius 2 is 2.11 bits per heavy atom. The fourth-order valence-corrected chi connectivity index (χ4v) is 1.78. The lowest BCUT2D eigenvalue weighted by atomic mass is 10.2. The Morgan fingerprint density at radius 1 is 1.26 bits per heavy atom. The van der Waals surface area contributed by atoms with Gasteiger partial charge >= 0.3 is 0 Å². The van der Waals surface area contributed by atoms with E-state index in [2.05, 4.69) is 20.5 Å². The summed E-state index contributed by atoms with van der Waals surface area (Å²) in [6.45, 7) is 0.451. The highest BCUT2D eigenvalue weighted by atomic mass is 35.5. The Hall–Kier alpha value is -1.72. The van der Waals surface area contributed by atoms with Crippen LogP contribution in [0.15, 0.2) is 30.5 Å². The van der Waals surface area contributed by atoms with E-state index in [1.165, 1.54) is 6.07 Å². The number of aromatic nitrogens is 3. The number of rotatable bonds is 4. The third-order valence-corrected chi connectivity index (χ3v) is 2.82. The van der Waals surface area contributed by atoms with E-state index >= 15 is 0 Å². The molecular formula is C12H10Cl2N4O. The van der Waals surface area contributed by atoms with Crippen molar-refractivity contribution in [2.45, 2.75) is 6.42 Å². The molecule has 0 unspecified atom stereocenters. The lowest BCUT2D eigenvalue weighted by molar-refractivity contribution is 0.0953. The zero-order valence-electron chi connectivity index (χ0n) is 9.81. The molecule has 0 radical (unpaired) electrons. The Morgan fingerprint density at radius 3 is 2.84 bits per heavy atom. The highest BCUT2D eigenvalue weighted by molar-refractivity contribution is 6.34. The van der Waals surface area contributed by atoms with Crippen LogP contribution in [0.25, 0.3) is 0 Å². The summed E-state index contributed by atoms with van der Waals surface area (Å²) in [6, 6.07) is 7.01. The Labute approximate surface area is 120 Å². The van der Waals surface area contributed by atoms with Crippen molar-refractivity contribution in [2.24, 2.45) is 0 Å². The summed E-state index contributed by atoms with van der Waals surface area (Å²) in [7, 11) is 0. The van der Waals surface area contributed by atoms with Crippen molar-refractivity contribution in [3.8, 4) is 0 Å². The van der Waals surface area contributed by atoms with Crippen LogP contribution >= 0.6 is 23.2 Å². The first-order valence-electron chi connectivity index (χ1n) is 5.53. The molecule has 7 heteroatoms. The van der Waals surface area contributed by atoms with Gasteiger partial charge in [0.1, 0.15) is 0 Å². The summed E-state index contributed by atoms with van der Waals surface area (Å²) < 4.78 is 0. The second-order valence-electron chi connectivity index (χ2n) is 3.70. The number of nitrogens with zero attached hydrogens (tertiary/aromatic N) is 3. The van der Waals surface area contributed by atoms with Gasteiger partial charge in [0, 0.05) is 24.9 Å². The smallest absolute Gasteiger partial charge is 0.254 e. The first kappa shape index (κ1) is 13.7. The van der Waals surface area contributed by atoms with Gasteiger partial charge in [0.2, 0.25) is 0 Å². The normalized spacial score (nSPS) is 10.2. The zero-order valence-corrected chi connectivity index (χ0v) is 11.3. The van der Waals surface area contributed by atoms with E-state index < -0.39 is 0 Å². The van der Waals surface area contributed by atoms with Gasteiger partial charge in [0.05, 0.1) is 5.56 Å². The highest BCUT2D eigenvalue weighted by Gasteiger charge is 2.12. The highest BCUT2D eigenvalue weighted by Crippen LogP contribution is 2.14. The predicted molar refractivity (Wildman–Crippen MR) is 72.3 cm³/mol. The van der Waals surface area contributed by atoms with E-state index in [0.717, 1.165) is 5.69 Å². The van der Waals surface area contributed by atoms with Crippen LogP contribution in [-0.4, -0.2) is 27.6 Å². The van der Waals surface area contributed by atoms with Crippen LogP contribution in [0.3, 0.4) is 0 Å². The molecule has 1 N–H and O–H groups in total. The summed E-state index contributed by atoms with van der Waals surface area (Å²) >= 11 is 11.5. The number of nitrogens with one attached hydrogen (secondary N) is 1. The molecule has 0 saturated carbocycles. The Bertz CT molecular complexity index is 577. The molecule has 2 aromatic rings. The summed E-state index contributed by atoms with van der Waals surface area (Å²) in [5, 5.41) is 10.00. The van der Waals surface area contributed by atoms with Gasteiger partial charge in [0.15, 0.2) is 10.3 Å². The molecule has 0 aliphatic carbocycles. The van der Waals surface area contributed by atoms with Gasteiger partial charge < -0.3 is 5.32 Å². The van der Waals surface area contributed by atoms with Gasteiger partial charge in [-0.2, -0.15) is 0 Å². The minimum atomic E-state index is -0.335. The average molecular weight is 297 g/mol. The topological polar surface area (TPSA) is 67.8 Å². The number of halogens is 2. The number of pyridine rings is 1. The molecule has 98 valence electrons. The van der Waals surface area contributed by atoms with E-state index in [-0.39, 0.29) is 21.8 Å². The molecule has 0 fully saturated rings. The van der Waals surface area contributed by atoms with Crippen molar-refractivity contribution in [1.29, 1.82) is 0 Å². The molecule has 1 amide bonds. The maximum Gasteiger partial charge on any atom is 0.254 e. The SMILES string of the molecule is O=C(NCCc1ccccn1)c1cc(Cl)nnc1Cl. The molecule has 0 aliphatic heterocycles. The average Bonchev–Trinajstić information content (AvgIpc) is 2.42. The second-order valence-corrected chi connectivity index (χ2v) is 4.44. The molecule has 2 rings (SSSR count). The fraction of sp³-hybridized carbons (Fsp3) is 0.167. The summed E-state index contributed by atoms with van der Waals surface area (Å²) in [5.41, 5.74) is 1.11. The molecule has 5 nitrogen and oxygen atoms in total. The van der Waals surface area contributed by atoms with Crippen LogP contribution in [0.5, 0.6) is 0 Å². The number of hydrogen-bond donors (Lipinski definition) is 1. The fourth-order valence-electron chi connectivity index (χ4n) is 1.46. The van der Waals surface area contributed by atoms with Crippen LogP contribution in [0.4, 0.5) is 0 Å². The molecular weight excluding hydrogens is 287 g/mol. The molecule has 19 heavy (non-hydrogen) atoms. The molecule has 2 heterocycles. The Kier molecular flexibility index (Phi) is 4.65. The second kappa shape index (κ2) is 6.45. The van der Waals surface area contributed by atoms with Crippen molar-refractivity contribution in [3.05, 3.63) is 52.0 Å². The minimum Gasteiger partial charge on any atom is -0.352 e. The third-order valence-electron chi connectivity index (χ3n) is 2.36. The van der Waals surface area contributed by atoms with Crippen molar-refractivity contribution in [2.75, 3.05) is 6.54 Å². The maximum absolute atomic E-state index is 11.9. The van der Waals surface area contributed by atoms with Gasteiger partial charge in [-0.25, -0.2) is 0 Å². The van der Waals surface area contributed by atoms with Crippen LogP contribution in [-0.2, 0) is 6.42 Å². The molecule has 0 aromatic carbocycles. The molecule has 0 aliphatic rings. The van der Waals surface area contributed by atoms with Gasteiger partial charge in [-0.15, -0.1) is 10.2 Å². The van der Waals surface area contributed by atoms with Gasteiger partial charge in [0.25, 0.3) is 5.91 Å². The van der Waals surface area contributed by atoms with Crippen molar-refractivity contribution < 1.29 is 4.79 Å². The third kappa shape index (κ3) is 3.87. The standard InChI is InChI=1S/C12H10Cl2N4O/c13-10-7-9(11(14)18-17-10)12(19)16-6-4-8-3-1-2-5-15-8/h1-3,5,7H,4,6H2,(H,16,19). The molecule has 0 bridgehead atoms. The lowest BCUT2D eigenvalue weighted by Crippen LogP contribution is -2.26. The van der Waals surface area contributed by atoms with E-state index in [1.54, 1.807) is 6.20 Å². The van der Waals surface area contributed by atoms with Crippen LogP contribution in [0.2, 0.25) is 10.3 Å². The largest absolute Gasteiger partial charge is 0.352 e. The van der Waals surface area contributed by atoms with E-state index in [0.29, 0.717) is 13.0 Å². The number of carbonyl (C=O) groups is 1. The first-order valence-corrected chi connectivity index (χ1v) is 6.29. The zero-order chi connectivity index (χ0) is 13.7. The van der Waals surface area contributed by atoms with Crippen molar-refractivity contribution in [3.63, 3.8) is 0 Å². The maximum atomic E-state index is 11.9. The molecule has 0 atom stereocenters. The van der Waals surface area contributed by atoms with Crippen LogP contribution in [0.1, 0.15) is 16.1 Å². The minimum absolute atomic E-state index is 0.0275. The summed E-state index contributed by atoms with van der Waals surface area (Å²) in [5.74, 6) is -0.335. The van der Waals surface area contributed by atoms with Gasteiger partial charge in [-0.3, -0.25) is 9.78 Å².